The SMILES string of the molecule is COc1ccc(C(=O)O)cc1Oc1ncccn1. The molecule has 0 aliphatic rings. The molecule has 2 aromatic rings. The molecule has 0 bridgehead atoms. The minimum absolute atomic E-state index is 0.0988. The average Bonchev–Trinajstić information content (AvgIpc) is 2.39. The zero-order chi connectivity index (χ0) is 13.0. The molecular formula is C12H10N2O4. The lowest BCUT2D eigenvalue weighted by atomic mass is 10.2. The zero-order valence-corrected chi connectivity index (χ0v) is 9.53. The summed E-state index contributed by atoms with van der Waals surface area (Å²) in [6.07, 6.45) is 3.05. The van der Waals surface area contributed by atoms with Gasteiger partial charge in [-0.05, 0) is 24.3 Å². The molecule has 6 heteroatoms. The molecule has 0 fully saturated rings. The minimum Gasteiger partial charge on any atom is -0.493 e. The summed E-state index contributed by atoms with van der Waals surface area (Å²) in [6, 6.07) is 6.08. The highest BCUT2D eigenvalue weighted by molar-refractivity contribution is 5.88. The highest BCUT2D eigenvalue weighted by Crippen LogP contribution is 2.30. The molecule has 1 heterocycles. The molecule has 0 aliphatic carbocycles. The molecule has 0 spiro atoms. The molecule has 0 atom stereocenters. The van der Waals surface area contributed by atoms with Crippen molar-refractivity contribution in [3.05, 3.63) is 42.2 Å². The minimum atomic E-state index is -1.04. The van der Waals surface area contributed by atoms with E-state index in [0.29, 0.717) is 5.75 Å². The lowest BCUT2D eigenvalue weighted by molar-refractivity contribution is 0.0696. The molecule has 0 saturated heterocycles. The van der Waals surface area contributed by atoms with E-state index in [1.165, 1.54) is 37.7 Å². The van der Waals surface area contributed by atoms with Crippen molar-refractivity contribution >= 4 is 5.97 Å². The van der Waals surface area contributed by atoms with E-state index in [9.17, 15) is 4.79 Å². The Balaban J connectivity index is 2.35. The number of carboxylic acid groups (broad SMARTS) is 1. The van der Waals surface area contributed by atoms with Crippen molar-refractivity contribution in [3.8, 4) is 17.5 Å². The van der Waals surface area contributed by atoms with Crippen LogP contribution in [0.5, 0.6) is 17.5 Å². The third-order valence-electron chi connectivity index (χ3n) is 2.15. The number of benzene rings is 1. The Labute approximate surface area is 103 Å². The molecule has 0 amide bonds. The number of ether oxygens (including phenoxy) is 2. The Bertz CT molecular complexity index is 557. The van der Waals surface area contributed by atoms with Gasteiger partial charge in [0.25, 0.3) is 0 Å². The molecule has 0 radical (unpaired) electrons. The lowest BCUT2D eigenvalue weighted by Crippen LogP contribution is -1.99. The second-order valence-electron chi connectivity index (χ2n) is 3.30. The van der Waals surface area contributed by atoms with Crippen LogP contribution in [0.1, 0.15) is 10.4 Å². The largest absolute Gasteiger partial charge is 0.493 e. The predicted octanol–water partition coefficient (Wildman–Crippen LogP) is 1.98. The second-order valence-corrected chi connectivity index (χ2v) is 3.30. The van der Waals surface area contributed by atoms with Crippen LogP contribution in [-0.4, -0.2) is 28.2 Å². The topological polar surface area (TPSA) is 81.5 Å². The molecule has 92 valence electrons. The Kier molecular flexibility index (Phi) is 3.38. The fourth-order valence-electron chi connectivity index (χ4n) is 1.33. The van der Waals surface area contributed by atoms with Gasteiger partial charge in [0.15, 0.2) is 11.5 Å². The van der Waals surface area contributed by atoms with Crippen LogP contribution in [0.4, 0.5) is 0 Å². The van der Waals surface area contributed by atoms with Gasteiger partial charge in [-0.2, -0.15) is 0 Å². The summed E-state index contributed by atoms with van der Waals surface area (Å²) in [5, 5.41) is 8.91. The van der Waals surface area contributed by atoms with Gasteiger partial charge in [-0.25, -0.2) is 14.8 Å². The van der Waals surface area contributed by atoms with Crippen molar-refractivity contribution in [2.24, 2.45) is 0 Å². The quantitative estimate of drug-likeness (QED) is 0.888. The lowest BCUT2D eigenvalue weighted by Gasteiger charge is -2.09. The molecule has 18 heavy (non-hydrogen) atoms. The third-order valence-corrected chi connectivity index (χ3v) is 2.15. The van der Waals surface area contributed by atoms with Crippen molar-refractivity contribution in [1.82, 2.24) is 9.97 Å². The Hall–Kier alpha value is -2.63. The molecule has 6 nitrogen and oxygen atoms in total. The van der Waals surface area contributed by atoms with Crippen LogP contribution in [-0.2, 0) is 0 Å². The summed E-state index contributed by atoms with van der Waals surface area (Å²) in [6.45, 7) is 0. The number of aromatic carboxylic acids is 1. The van der Waals surface area contributed by atoms with Gasteiger partial charge in [-0.3, -0.25) is 0 Å². The van der Waals surface area contributed by atoms with E-state index in [1.807, 2.05) is 0 Å². The van der Waals surface area contributed by atoms with E-state index in [-0.39, 0.29) is 17.3 Å². The summed E-state index contributed by atoms with van der Waals surface area (Å²) in [7, 11) is 1.47. The maximum Gasteiger partial charge on any atom is 0.335 e. The Morgan fingerprint density at radius 1 is 1.22 bits per heavy atom. The molecule has 0 unspecified atom stereocenters. The normalized spacial score (nSPS) is 9.83. The molecule has 0 aliphatic heterocycles. The van der Waals surface area contributed by atoms with Gasteiger partial charge < -0.3 is 14.6 Å². The van der Waals surface area contributed by atoms with Crippen LogP contribution in [0.25, 0.3) is 0 Å². The van der Waals surface area contributed by atoms with Gasteiger partial charge >= 0.3 is 12.0 Å². The summed E-state index contributed by atoms with van der Waals surface area (Å²) >= 11 is 0. The fourth-order valence-corrected chi connectivity index (χ4v) is 1.33. The van der Waals surface area contributed by atoms with Crippen LogP contribution < -0.4 is 9.47 Å². The monoisotopic (exact) mass is 246 g/mol. The molecule has 1 N–H and O–H groups in total. The first-order chi connectivity index (χ1) is 8.70. The Morgan fingerprint density at radius 3 is 2.56 bits per heavy atom. The van der Waals surface area contributed by atoms with Gasteiger partial charge in [0.2, 0.25) is 0 Å². The molecular weight excluding hydrogens is 236 g/mol. The first kappa shape index (κ1) is 11.8. The third kappa shape index (κ3) is 2.54. The van der Waals surface area contributed by atoms with Crippen LogP contribution >= 0.6 is 0 Å². The fraction of sp³-hybridized carbons (Fsp3) is 0.0833. The molecule has 2 rings (SSSR count). The van der Waals surface area contributed by atoms with Crippen LogP contribution in [0, 0.1) is 0 Å². The maximum atomic E-state index is 10.9. The van der Waals surface area contributed by atoms with Crippen molar-refractivity contribution in [3.63, 3.8) is 0 Å². The average molecular weight is 246 g/mol. The predicted molar refractivity (Wildman–Crippen MR) is 62.1 cm³/mol. The van der Waals surface area contributed by atoms with Gasteiger partial charge in [0, 0.05) is 12.4 Å². The highest BCUT2D eigenvalue weighted by Gasteiger charge is 2.11. The van der Waals surface area contributed by atoms with Crippen molar-refractivity contribution < 1.29 is 19.4 Å². The molecule has 0 saturated carbocycles. The first-order valence-corrected chi connectivity index (χ1v) is 5.07. The smallest absolute Gasteiger partial charge is 0.335 e. The number of carboxylic acids is 1. The first-order valence-electron chi connectivity index (χ1n) is 5.07. The number of rotatable bonds is 4. The Morgan fingerprint density at radius 2 is 1.94 bits per heavy atom. The van der Waals surface area contributed by atoms with Crippen LogP contribution in [0.2, 0.25) is 0 Å². The molecule has 1 aromatic heterocycles. The van der Waals surface area contributed by atoms with Crippen LogP contribution in [0.15, 0.2) is 36.7 Å². The van der Waals surface area contributed by atoms with E-state index in [0.717, 1.165) is 0 Å². The highest BCUT2D eigenvalue weighted by atomic mass is 16.5. The number of hydrogen-bond donors (Lipinski definition) is 1. The summed E-state index contributed by atoms with van der Waals surface area (Å²) in [4.78, 5) is 18.7. The number of aromatic nitrogens is 2. The number of nitrogens with zero attached hydrogens (tertiary/aromatic N) is 2. The number of carbonyl (C=O) groups is 1. The van der Waals surface area contributed by atoms with Crippen LogP contribution in [0.3, 0.4) is 0 Å². The molecule has 1 aromatic carbocycles. The van der Waals surface area contributed by atoms with Crippen molar-refractivity contribution in [2.75, 3.05) is 7.11 Å². The van der Waals surface area contributed by atoms with Crippen molar-refractivity contribution in [1.29, 1.82) is 0 Å². The number of methoxy groups -OCH3 is 1. The summed E-state index contributed by atoms with van der Waals surface area (Å²) in [5.41, 5.74) is 0.0988. The van der Waals surface area contributed by atoms with E-state index in [1.54, 1.807) is 6.07 Å². The van der Waals surface area contributed by atoms with Gasteiger partial charge in [-0.15, -0.1) is 0 Å². The summed E-state index contributed by atoms with van der Waals surface area (Å²) in [5.74, 6) is -0.382. The van der Waals surface area contributed by atoms with Gasteiger partial charge in [0.05, 0.1) is 12.7 Å². The zero-order valence-electron chi connectivity index (χ0n) is 9.53. The standard InChI is InChI=1S/C12H10N2O4/c1-17-9-4-3-8(11(15)16)7-10(9)18-12-13-5-2-6-14-12/h2-7H,1H3,(H,15,16). The maximum absolute atomic E-state index is 10.9. The van der Waals surface area contributed by atoms with E-state index < -0.39 is 5.97 Å². The van der Waals surface area contributed by atoms with E-state index in [2.05, 4.69) is 9.97 Å². The van der Waals surface area contributed by atoms with E-state index >= 15 is 0 Å². The van der Waals surface area contributed by atoms with E-state index in [4.69, 9.17) is 14.6 Å². The number of hydrogen-bond acceptors (Lipinski definition) is 5. The van der Waals surface area contributed by atoms with Gasteiger partial charge in [0.1, 0.15) is 0 Å². The summed E-state index contributed by atoms with van der Waals surface area (Å²) < 4.78 is 10.5. The van der Waals surface area contributed by atoms with Gasteiger partial charge in [-0.1, -0.05) is 0 Å². The second kappa shape index (κ2) is 5.13. The van der Waals surface area contributed by atoms with Crippen molar-refractivity contribution in [2.45, 2.75) is 0 Å².